The van der Waals surface area contributed by atoms with Gasteiger partial charge in [0.25, 0.3) is 11.6 Å². The topological polar surface area (TPSA) is 127 Å². The number of esters is 1. The summed E-state index contributed by atoms with van der Waals surface area (Å²) in [5.41, 5.74) is -0.160. The van der Waals surface area contributed by atoms with Gasteiger partial charge in [0, 0.05) is 11.6 Å². The largest absolute Gasteiger partial charge is 0.493 e. The van der Waals surface area contributed by atoms with Crippen LogP contribution in [0.5, 0.6) is 11.5 Å². The Balaban J connectivity index is 1.70. The van der Waals surface area contributed by atoms with Crippen LogP contribution in [0.3, 0.4) is 0 Å². The van der Waals surface area contributed by atoms with Gasteiger partial charge in [-0.2, -0.15) is 13.8 Å². The maximum atomic E-state index is 12.4. The molecule has 0 aliphatic carbocycles. The van der Waals surface area contributed by atoms with Gasteiger partial charge in [-0.25, -0.2) is 4.79 Å². The van der Waals surface area contributed by atoms with E-state index in [1.807, 2.05) is 0 Å². The van der Waals surface area contributed by atoms with Gasteiger partial charge in [-0.05, 0) is 30.3 Å². The van der Waals surface area contributed by atoms with Gasteiger partial charge >= 0.3 is 12.6 Å². The van der Waals surface area contributed by atoms with Crippen molar-refractivity contribution in [2.45, 2.75) is 13.2 Å². The van der Waals surface area contributed by atoms with Gasteiger partial charge < -0.3 is 18.7 Å². The first-order valence-electron chi connectivity index (χ1n) is 8.35. The van der Waals surface area contributed by atoms with Crippen LogP contribution < -0.4 is 9.47 Å². The van der Waals surface area contributed by atoms with E-state index in [4.69, 9.17) is 25.6 Å². The van der Waals surface area contributed by atoms with Crippen molar-refractivity contribution in [3.05, 3.63) is 63.0 Å². The highest BCUT2D eigenvalue weighted by Crippen LogP contribution is 2.32. The Labute approximate surface area is 177 Å². The van der Waals surface area contributed by atoms with Crippen molar-refractivity contribution in [1.82, 2.24) is 10.1 Å². The highest BCUT2D eigenvalue weighted by atomic mass is 35.5. The van der Waals surface area contributed by atoms with Crippen LogP contribution in [-0.4, -0.2) is 34.8 Å². The Morgan fingerprint density at radius 1 is 1.26 bits per heavy atom. The molecular weight excluding hydrogens is 444 g/mol. The minimum Gasteiger partial charge on any atom is -0.493 e. The third-order valence-electron chi connectivity index (χ3n) is 3.81. The van der Waals surface area contributed by atoms with E-state index < -0.39 is 29.8 Å². The molecule has 1 heterocycles. The zero-order valence-corrected chi connectivity index (χ0v) is 16.3. The van der Waals surface area contributed by atoms with Crippen molar-refractivity contribution < 1.29 is 37.2 Å². The summed E-state index contributed by atoms with van der Waals surface area (Å²) >= 11 is 5.70. The summed E-state index contributed by atoms with van der Waals surface area (Å²) in [6.45, 7) is -3.43. The van der Waals surface area contributed by atoms with E-state index in [9.17, 15) is 23.7 Å². The Bertz CT molecular complexity index is 1120. The van der Waals surface area contributed by atoms with Crippen LogP contribution in [0.4, 0.5) is 14.5 Å². The van der Waals surface area contributed by atoms with Crippen molar-refractivity contribution >= 4 is 23.3 Å². The zero-order valence-electron chi connectivity index (χ0n) is 15.6. The number of rotatable bonds is 8. The molecule has 3 rings (SSSR count). The van der Waals surface area contributed by atoms with Crippen molar-refractivity contribution in [1.29, 1.82) is 0 Å². The highest BCUT2D eigenvalue weighted by Gasteiger charge is 2.19. The summed E-state index contributed by atoms with van der Waals surface area (Å²) in [5.74, 6) is -1.00. The minimum absolute atomic E-state index is 0.0277. The number of benzene rings is 2. The monoisotopic (exact) mass is 455 g/mol. The summed E-state index contributed by atoms with van der Waals surface area (Å²) in [6.07, 6.45) is 0. The second kappa shape index (κ2) is 9.34. The number of nitrogens with zero attached hydrogens (tertiary/aromatic N) is 3. The summed E-state index contributed by atoms with van der Waals surface area (Å²) < 4.78 is 44.2. The molecule has 2 aromatic carbocycles. The molecule has 0 bridgehead atoms. The summed E-state index contributed by atoms with van der Waals surface area (Å²) in [5, 5.41) is 14.5. The number of hydrogen-bond donors (Lipinski definition) is 0. The van der Waals surface area contributed by atoms with E-state index in [1.54, 1.807) is 0 Å². The van der Waals surface area contributed by atoms with E-state index >= 15 is 0 Å². The number of carbonyl (C=O) groups excluding carboxylic acids is 1. The molecule has 0 aliphatic rings. The molecule has 13 heteroatoms. The number of hydrogen-bond acceptors (Lipinski definition) is 9. The first-order valence-corrected chi connectivity index (χ1v) is 8.73. The molecule has 0 saturated heterocycles. The number of alkyl halides is 2. The van der Waals surface area contributed by atoms with Gasteiger partial charge in [0.15, 0.2) is 18.1 Å². The molecule has 1 aromatic heterocycles. The Kier molecular flexibility index (Phi) is 6.60. The molecule has 0 atom stereocenters. The molecule has 0 aliphatic heterocycles. The number of nitro benzene ring substituents is 1. The highest BCUT2D eigenvalue weighted by molar-refractivity contribution is 6.32. The fraction of sp³-hybridized carbons (Fsp3) is 0.167. The summed E-state index contributed by atoms with van der Waals surface area (Å²) in [4.78, 5) is 26.4. The molecule has 162 valence electrons. The fourth-order valence-corrected chi connectivity index (χ4v) is 2.61. The fourth-order valence-electron chi connectivity index (χ4n) is 2.42. The normalized spacial score (nSPS) is 10.7. The predicted molar refractivity (Wildman–Crippen MR) is 100 cm³/mol. The predicted octanol–water partition coefficient (Wildman–Crippen LogP) is 4.27. The second-order valence-corrected chi connectivity index (χ2v) is 6.16. The Morgan fingerprint density at radius 3 is 2.71 bits per heavy atom. The lowest BCUT2D eigenvalue weighted by Gasteiger charge is -2.10. The van der Waals surface area contributed by atoms with E-state index in [1.165, 1.54) is 37.4 Å². The van der Waals surface area contributed by atoms with Gasteiger partial charge in [0.1, 0.15) is 5.02 Å². The average Bonchev–Trinajstić information content (AvgIpc) is 3.21. The molecule has 31 heavy (non-hydrogen) atoms. The lowest BCUT2D eigenvalue weighted by molar-refractivity contribution is -0.384. The molecule has 3 aromatic rings. The lowest BCUT2D eigenvalue weighted by atomic mass is 10.2. The van der Waals surface area contributed by atoms with Gasteiger partial charge in [0.2, 0.25) is 5.82 Å². The van der Waals surface area contributed by atoms with Gasteiger partial charge in [0.05, 0.1) is 17.6 Å². The van der Waals surface area contributed by atoms with E-state index in [-0.39, 0.29) is 33.8 Å². The van der Waals surface area contributed by atoms with Crippen LogP contribution in [0.15, 0.2) is 40.9 Å². The maximum Gasteiger partial charge on any atom is 0.387 e. The third-order valence-corrected chi connectivity index (χ3v) is 4.13. The van der Waals surface area contributed by atoms with E-state index in [0.29, 0.717) is 5.56 Å². The van der Waals surface area contributed by atoms with Crippen molar-refractivity contribution in [3.63, 3.8) is 0 Å². The first-order chi connectivity index (χ1) is 14.8. The van der Waals surface area contributed by atoms with Crippen molar-refractivity contribution in [2.75, 3.05) is 7.11 Å². The van der Waals surface area contributed by atoms with Gasteiger partial charge in [-0.1, -0.05) is 16.8 Å². The van der Waals surface area contributed by atoms with Crippen LogP contribution in [0.2, 0.25) is 5.02 Å². The number of halogens is 3. The first kappa shape index (κ1) is 21.9. The molecule has 10 nitrogen and oxygen atoms in total. The van der Waals surface area contributed by atoms with E-state index in [2.05, 4.69) is 14.9 Å². The molecule has 0 N–H and O–H groups in total. The minimum atomic E-state index is -3.02. The molecule has 0 amide bonds. The second-order valence-electron chi connectivity index (χ2n) is 5.76. The van der Waals surface area contributed by atoms with Crippen molar-refractivity contribution in [3.8, 4) is 22.9 Å². The van der Waals surface area contributed by atoms with Crippen LogP contribution in [0.1, 0.15) is 16.2 Å². The van der Waals surface area contributed by atoms with E-state index in [0.717, 1.165) is 6.07 Å². The number of ether oxygens (including phenoxy) is 3. The number of carbonyl (C=O) groups is 1. The lowest BCUT2D eigenvalue weighted by Crippen LogP contribution is -2.06. The molecule has 0 saturated carbocycles. The van der Waals surface area contributed by atoms with Crippen molar-refractivity contribution in [2.24, 2.45) is 0 Å². The molecule has 0 radical (unpaired) electrons. The Morgan fingerprint density at radius 2 is 2.03 bits per heavy atom. The molecule has 0 fully saturated rings. The maximum absolute atomic E-state index is 12.4. The van der Waals surface area contributed by atoms with Gasteiger partial charge in [-0.15, -0.1) is 0 Å². The summed E-state index contributed by atoms with van der Waals surface area (Å²) in [6, 6.07) is 7.49. The van der Waals surface area contributed by atoms with Crippen LogP contribution >= 0.6 is 11.6 Å². The summed E-state index contributed by atoms with van der Waals surface area (Å²) in [7, 11) is 1.28. The third kappa shape index (κ3) is 5.22. The Hall–Kier alpha value is -3.80. The smallest absolute Gasteiger partial charge is 0.387 e. The van der Waals surface area contributed by atoms with Gasteiger partial charge in [-0.3, -0.25) is 10.1 Å². The number of nitro groups is 1. The standard InChI is InChI=1S/C18H12ClF2N3O7/c1-28-14-7-9(3-5-13(14)30-18(20)21)16-22-15(31-23-16)8-29-17(25)10-2-4-11(19)12(6-10)24(26)27/h2-7,18H,8H2,1H3. The van der Waals surface area contributed by atoms with Crippen LogP contribution in [-0.2, 0) is 11.3 Å². The SMILES string of the molecule is COc1cc(-c2noc(COC(=O)c3ccc(Cl)c([N+](=O)[O-])c3)n2)ccc1OC(F)F. The number of aromatic nitrogens is 2. The van der Waals surface area contributed by atoms with Crippen LogP contribution in [0, 0.1) is 10.1 Å². The molecular formula is C18H12ClF2N3O7. The average molecular weight is 456 g/mol. The molecule has 0 spiro atoms. The zero-order chi connectivity index (χ0) is 22.5. The quantitative estimate of drug-likeness (QED) is 0.278. The molecule has 0 unspecified atom stereocenters. The van der Waals surface area contributed by atoms with Crippen LogP contribution in [0.25, 0.3) is 11.4 Å². The number of methoxy groups -OCH3 is 1.